The minimum atomic E-state index is -0.751. The first-order chi connectivity index (χ1) is 11.6. The molecule has 0 saturated heterocycles. The van der Waals surface area contributed by atoms with Crippen molar-refractivity contribution in [3.8, 4) is 0 Å². The first kappa shape index (κ1) is 17.7. The number of nitrogens with one attached hydrogen (secondary N) is 1. The van der Waals surface area contributed by atoms with E-state index < -0.39 is 5.97 Å². The van der Waals surface area contributed by atoms with Gasteiger partial charge < -0.3 is 10.4 Å². The first-order valence-corrected chi connectivity index (χ1v) is 8.21. The zero-order chi connectivity index (χ0) is 17.2. The summed E-state index contributed by atoms with van der Waals surface area (Å²) in [5, 5.41) is 15.6. The van der Waals surface area contributed by atoms with Gasteiger partial charge in [0.2, 0.25) is 0 Å². The number of carbonyl (C=O) groups excluding carboxylic acids is 1. The van der Waals surface area contributed by atoms with Crippen LogP contribution in [-0.4, -0.2) is 33.3 Å². The van der Waals surface area contributed by atoms with E-state index >= 15 is 0 Å². The molecule has 0 radical (unpaired) electrons. The molecule has 2 rings (SSSR count). The van der Waals surface area contributed by atoms with E-state index in [0.717, 1.165) is 24.8 Å². The van der Waals surface area contributed by atoms with Gasteiger partial charge in [-0.1, -0.05) is 25.0 Å². The molecule has 2 N–H and O–H groups in total. The lowest BCUT2D eigenvalue weighted by atomic mass is 10.1. The van der Waals surface area contributed by atoms with Gasteiger partial charge in [-0.3, -0.25) is 14.3 Å². The monoisotopic (exact) mass is 329 g/mol. The van der Waals surface area contributed by atoms with E-state index in [-0.39, 0.29) is 12.3 Å². The maximum Gasteiger partial charge on any atom is 0.303 e. The van der Waals surface area contributed by atoms with Gasteiger partial charge in [-0.15, -0.1) is 0 Å². The molecule has 6 nitrogen and oxygen atoms in total. The molecule has 0 bridgehead atoms. The number of unbranched alkanes of at least 4 members (excludes halogenated alkanes) is 3. The van der Waals surface area contributed by atoms with E-state index in [2.05, 4.69) is 10.4 Å². The summed E-state index contributed by atoms with van der Waals surface area (Å²) in [4.78, 5) is 22.4. The fraction of sp³-hybridized carbons (Fsp3) is 0.389. The van der Waals surface area contributed by atoms with E-state index in [9.17, 15) is 9.59 Å². The third-order valence-electron chi connectivity index (χ3n) is 3.72. The van der Waals surface area contributed by atoms with Crippen molar-refractivity contribution in [1.29, 1.82) is 0 Å². The lowest BCUT2D eigenvalue weighted by Crippen LogP contribution is -2.24. The molecule has 0 unspecified atom stereocenters. The molecule has 2 aromatic rings. The van der Waals surface area contributed by atoms with Crippen LogP contribution in [0.2, 0.25) is 0 Å². The third kappa shape index (κ3) is 6.24. The Kier molecular flexibility index (Phi) is 7.01. The molecule has 24 heavy (non-hydrogen) atoms. The van der Waals surface area contributed by atoms with Crippen molar-refractivity contribution in [2.75, 3.05) is 6.54 Å². The molecule has 1 amide bonds. The molecule has 6 heteroatoms. The van der Waals surface area contributed by atoms with Crippen LogP contribution >= 0.6 is 0 Å². The summed E-state index contributed by atoms with van der Waals surface area (Å²) < 4.78 is 1.83. The Balaban J connectivity index is 1.66. The van der Waals surface area contributed by atoms with Gasteiger partial charge in [0.1, 0.15) is 0 Å². The number of nitrogens with zero attached hydrogens (tertiary/aromatic N) is 2. The molecule has 0 aliphatic carbocycles. The maximum absolute atomic E-state index is 12.0. The van der Waals surface area contributed by atoms with E-state index in [0.29, 0.717) is 25.1 Å². The van der Waals surface area contributed by atoms with Crippen LogP contribution in [0.3, 0.4) is 0 Å². The van der Waals surface area contributed by atoms with Crippen LogP contribution < -0.4 is 5.32 Å². The van der Waals surface area contributed by atoms with Crippen LogP contribution in [-0.2, 0) is 11.3 Å². The Morgan fingerprint density at radius 2 is 1.83 bits per heavy atom. The zero-order valence-corrected chi connectivity index (χ0v) is 13.6. The average molecular weight is 329 g/mol. The second-order valence-electron chi connectivity index (χ2n) is 5.71. The standard InChI is InChI=1S/C18H23N3O3/c22-17(23)6-3-1-2-4-11-19-18(24)16-9-7-15(8-10-16)14-21-13-5-12-20-21/h5,7-10,12-13H,1-4,6,11,14H2,(H,19,24)(H,22,23). The van der Waals surface area contributed by atoms with Crippen LogP contribution in [0.5, 0.6) is 0 Å². The quantitative estimate of drug-likeness (QED) is 0.656. The minimum Gasteiger partial charge on any atom is -0.481 e. The molecule has 1 aromatic carbocycles. The molecule has 1 aromatic heterocycles. The van der Waals surface area contributed by atoms with Crippen LogP contribution in [0.15, 0.2) is 42.7 Å². The Morgan fingerprint density at radius 1 is 1.08 bits per heavy atom. The summed E-state index contributed by atoms with van der Waals surface area (Å²) in [7, 11) is 0. The summed E-state index contributed by atoms with van der Waals surface area (Å²) >= 11 is 0. The largest absolute Gasteiger partial charge is 0.481 e. The van der Waals surface area contributed by atoms with Gasteiger partial charge in [0.15, 0.2) is 0 Å². The van der Waals surface area contributed by atoms with Crippen LogP contribution in [0.4, 0.5) is 0 Å². The van der Waals surface area contributed by atoms with Crippen molar-refractivity contribution in [2.45, 2.75) is 38.6 Å². The summed E-state index contributed by atoms with van der Waals surface area (Å²) in [5.74, 6) is -0.828. The summed E-state index contributed by atoms with van der Waals surface area (Å²) in [6, 6.07) is 9.39. The summed E-state index contributed by atoms with van der Waals surface area (Å²) in [5.41, 5.74) is 1.73. The van der Waals surface area contributed by atoms with Crippen LogP contribution in [0.25, 0.3) is 0 Å². The van der Waals surface area contributed by atoms with Gasteiger partial charge in [0, 0.05) is 30.9 Å². The molecule has 0 fully saturated rings. The van der Waals surface area contributed by atoms with Crippen molar-refractivity contribution < 1.29 is 14.7 Å². The molecule has 0 aliphatic rings. The van der Waals surface area contributed by atoms with Gasteiger partial charge >= 0.3 is 5.97 Å². The number of aliphatic carboxylic acids is 1. The van der Waals surface area contributed by atoms with Crippen LogP contribution in [0, 0.1) is 0 Å². The van der Waals surface area contributed by atoms with E-state index in [1.165, 1.54) is 0 Å². The summed E-state index contributed by atoms with van der Waals surface area (Å²) in [6.45, 7) is 1.30. The van der Waals surface area contributed by atoms with E-state index in [1.54, 1.807) is 6.20 Å². The smallest absolute Gasteiger partial charge is 0.303 e. The Morgan fingerprint density at radius 3 is 2.50 bits per heavy atom. The highest BCUT2D eigenvalue weighted by Gasteiger charge is 2.05. The highest BCUT2D eigenvalue weighted by molar-refractivity contribution is 5.94. The number of amides is 1. The maximum atomic E-state index is 12.0. The van der Waals surface area contributed by atoms with Crippen molar-refractivity contribution in [1.82, 2.24) is 15.1 Å². The molecule has 1 heterocycles. The minimum absolute atomic E-state index is 0.0776. The lowest BCUT2D eigenvalue weighted by Gasteiger charge is -2.07. The zero-order valence-electron chi connectivity index (χ0n) is 13.6. The summed E-state index contributed by atoms with van der Waals surface area (Å²) in [6.07, 6.45) is 7.22. The second kappa shape index (κ2) is 9.50. The number of hydrogen-bond acceptors (Lipinski definition) is 3. The van der Waals surface area contributed by atoms with Crippen molar-refractivity contribution in [3.05, 3.63) is 53.9 Å². The van der Waals surface area contributed by atoms with Crippen molar-refractivity contribution in [3.63, 3.8) is 0 Å². The average Bonchev–Trinajstić information content (AvgIpc) is 3.07. The van der Waals surface area contributed by atoms with Gasteiger partial charge in [-0.2, -0.15) is 5.10 Å². The Bertz CT molecular complexity index is 636. The van der Waals surface area contributed by atoms with Crippen molar-refractivity contribution >= 4 is 11.9 Å². The normalized spacial score (nSPS) is 10.5. The fourth-order valence-electron chi connectivity index (χ4n) is 2.40. The molecular formula is C18H23N3O3. The number of aromatic nitrogens is 2. The SMILES string of the molecule is O=C(O)CCCCCCNC(=O)c1ccc(Cn2cccn2)cc1. The number of rotatable bonds is 10. The third-order valence-corrected chi connectivity index (χ3v) is 3.72. The Hall–Kier alpha value is -2.63. The molecule has 0 atom stereocenters. The second-order valence-corrected chi connectivity index (χ2v) is 5.71. The fourth-order valence-corrected chi connectivity index (χ4v) is 2.40. The molecule has 128 valence electrons. The van der Waals surface area contributed by atoms with Crippen molar-refractivity contribution in [2.24, 2.45) is 0 Å². The number of carboxylic acid groups (broad SMARTS) is 1. The number of carboxylic acids is 1. The molecule has 0 spiro atoms. The predicted molar refractivity (Wildman–Crippen MR) is 90.8 cm³/mol. The molecule has 0 saturated carbocycles. The number of carbonyl (C=O) groups is 2. The van der Waals surface area contributed by atoms with Gasteiger partial charge in [-0.25, -0.2) is 0 Å². The number of hydrogen-bond donors (Lipinski definition) is 2. The van der Waals surface area contributed by atoms with E-state index in [1.807, 2.05) is 41.2 Å². The first-order valence-electron chi connectivity index (χ1n) is 8.21. The van der Waals surface area contributed by atoms with E-state index in [4.69, 9.17) is 5.11 Å². The predicted octanol–water partition coefficient (Wildman–Crippen LogP) is 2.70. The topological polar surface area (TPSA) is 84.2 Å². The highest BCUT2D eigenvalue weighted by Crippen LogP contribution is 2.07. The molecule has 0 aliphatic heterocycles. The highest BCUT2D eigenvalue weighted by atomic mass is 16.4. The lowest BCUT2D eigenvalue weighted by molar-refractivity contribution is -0.137. The van der Waals surface area contributed by atoms with Gasteiger partial charge in [0.05, 0.1) is 6.54 Å². The van der Waals surface area contributed by atoms with Gasteiger partial charge in [0.25, 0.3) is 5.91 Å². The van der Waals surface area contributed by atoms with Crippen LogP contribution in [0.1, 0.15) is 48.0 Å². The van der Waals surface area contributed by atoms with Gasteiger partial charge in [-0.05, 0) is 36.6 Å². The number of benzene rings is 1. The Labute approximate surface area is 141 Å². The molecular weight excluding hydrogens is 306 g/mol.